The minimum absolute atomic E-state index is 0.520. The molecule has 0 aliphatic carbocycles. The number of carbonyl (C=O) groups is 1. The van der Waals surface area contributed by atoms with Gasteiger partial charge in [-0.3, -0.25) is 4.79 Å². The van der Waals surface area contributed by atoms with Crippen molar-refractivity contribution >= 4 is 5.97 Å². The van der Waals surface area contributed by atoms with Crippen molar-refractivity contribution in [2.45, 2.75) is 135 Å². The molecule has 0 aliphatic heterocycles. The van der Waals surface area contributed by atoms with Crippen molar-refractivity contribution in [3.63, 3.8) is 0 Å². The van der Waals surface area contributed by atoms with Gasteiger partial charge >= 0.3 is 5.97 Å². The number of hydrogen-bond donors (Lipinski definition) is 3. The SMILES string of the molecule is CCCCCCCCCCCCCCCCCC[N+](C)(C)C.NCCCC[C@H](N)C(=O)O. The minimum atomic E-state index is -0.933. The van der Waals surface area contributed by atoms with Gasteiger partial charge in [0.2, 0.25) is 0 Å². The second-order valence-corrected chi connectivity index (χ2v) is 10.5. The van der Waals surface area contributed by atoms with Gasteiger partial charge in [-0.25, -0.2) is 0 Å². The summed E-state index contributed by atoms with van der Waals surface area (Å²) >= 11 is 0. The molecule has 5 heteroatoms. The molecule has 5 nitrogen and oxygen atoms in total. The van der Waals surface area contributed by atoms with Crippen LogP contribution in [0.5, 0.6) is 0 Å². The van der Waals surface area contributed by atoms with Crippen molar-refractivity contribution in [3.8, 4) is 0 Å². The Morgan fingerprint density at radius 1 is 0.688 bits per heavy atom. The highest BCUT2D eigenvalue weighted by molar-refractivity contribution is 5.72. The molecule has 0 rings (SSSR count). The molecule has 0 fully saturated rings. The molecule has 0 radical (unpaired) electrons. The molecule has 0 aromatic rings. The lowest BCUT2D eigenvalue weighted by atomic mass is 10.0. The van der Waals surface area contributed by atoms with Crippen molar-refractivity contribution in [2.75, 3.05) is 34.2 Å². The molecule has 0 spiro atoms. The average Bonchev–Trinajstić information content (AvgIpc) is 2.73. The monoisotopic (exact) mass is 458 g/mol. The summed E-state index contributed by atoms with van der Waals surface area (Å²) in [5.41, 5.74) is 10.4. The molecule has 0 saturated heterocycles. The Morgan fingerprint density at radius 2 is 1.06 bits per heavy atom. The van der Waals surface area contributed by atoms with E-state index in [9.17, 15) is 4.79 Å². The van der Waals surface area contributed by atoms with Crippen molar-refractivity contribution in [2.24, 2.45) is 11.5 Å². The van der Waals surface area contributed by atoms with Crippen LogP contribution < -0.4 is 11.5 Å². The van der Waals surface area contributed by atoms with E-state index in [1.807, 2.05) is 0 Å². The van der Waals surface area contributed by atoms with Crippen LogP contribution in [0.2, 0.25) is 0 Å². The molecule has 0 heterocycles. The van der Waals surface area contributed by atoms with Crippen LogP contribution in [0, 0.1) is 0 Å². The number of hydrogen-bond acceptors (Lipinski definition) is 3. The Kier molecular flexibility index (Phi) is 26.2. The van der Waals surface area contributed by atoms with Gasteiger partial charge in [0.15, 0.2) is 0 Å². The summed E-state index contributed by atoms with van der Waals surface area (Å²) in [4.78, 5) is 10.1. The Hall–Kier alpha value is -0.650. The number of nitrogens with two attached hydrogens (primary N) is 2. The first-order valence-corrected chi connectivity index (χ1v) is 13.7. The molecule has 194 valence electrons. The zero-order valence-corrected chi connectivity index (χ0v) is 22.4. The van der Waals surface area contributed by atoms with Crippen LogP contribution >= 0.6 is 0 Å². The molecular weight excluding hydrogens is 398 g/mol. The Balaban J connectivity index is 0. The minimum Gasteiger partial charge on any atom is -0.480 e. The van der Waals surface area contributed by atoms with Gasteiger partial charge < -0.3 is 21.1 Å². The average molecular weight is 459 g/mol. The summed E-state index contributed by atoms with van der Waals surface area (Å²) in [5, 5.41) is 8.33. The third kappa shape index (κ3) is 31.5. The van der Waals surface area contributed by atoms with Gasteiger partial charge in [0, 0.05) is 0 Å². The number of quaternary nitrogens is 1. The molecule has 0 unspecified atom stereocenters. The van der Waals surface area contributed by atoms with E-state index in [4.69, 9.17) is 16.6 Å². The predicted octanol–water partition coefficient (Wildman–Crippen LogP) is 6.48. The zero-order chi connectivity index (χ0) is 24.5. The summed E-state index contributed by atoms with van der Waals surface area (Å²) in [7, 11) is 6.89. The Labute approximate surface area is 201 Å². The predicted molar refractivity (Wildman–Crippen MR) is 141 cm³/mol. The third-order valence-electron chi connectivity index (χ3n) is 5.97. The number of aliphatic carboxylic acids is 1. The molecule has 32 heavy (non-hydrogen) atoms. The van der Waals surface area contributed by atoms with Gasteiger partial charge in [0.05, 0.1) is 27.7 Å². The summed E-state index contributed by atoms with van der Waals surface area (Å²) < 4.78 is 1.12. The number of carboxylic acids is 1. The second kappa shape index (κ2) is 25.0. The van der Waals surface area contributed by atoms with Gasteiger partial charge in [-0.1, -0.05) is 103 Å². The first kappa shape index (κ1) is 33.5. The van der Waals surface area contributed by atoms with Gasteiger partial charge in [-0.2, -0.15) is 0 Å². The van der Waals surface area contributed by atoms with Crippen molar-refractivity contribution in [3.05, 3.63) is 0 Å². The van der Waals surface area contributed by atoms with Crippen LogP contribution in [0.1, 0.15) is 129 Å². The smallest absolute Gasteiger partial charge is 0.320 e. The number of unbranched alkanes of at least 4 members (excludes halogenated alkanes) is 16. The Bertz CT molecular complexity index is 384. The first-order chi connectivity index (χ1) is 15.2. The van der Waals surface area contributed by atoms with Crippen LogP contribution in [0.4, 0.5) is 0 Å². The quantitative estimate of drug-likeness (QED) is 0.128. The maximum Gasteiger partial charge on any atom is 0.320 e. The van der Waals surface area contributed by atoms with Gasteiger partial charge in [-0.15, -0.1) is 0 Å². The molecule has 0 bridgehead atoms. The lowest BCUT2D eigenvalue weighted by Crippen LogP contribution is -2.35. The number of carboxylic acid groups (broad SMARTS) is 1. The largest absolute Gasteiger partial charge is 0.480 e. The second-order valence-electron chi connectivity index (χ2n) is 10.5. The number of nitrogens with zero attached hydrogens (tertiary/aromatic N) is 1. The molecule has 0 saturated carbocycles. The molecule has 0 aromatic heterocycles. The van der Waals surface area contributed by atoms with Gasteiger partial charge in [-0.05, 0) is 32.2 Å². The third-order valence-corrected chi connectivity index (χ3v) is 5.97. The fraction of sp³-hybridized carbons (Fsp3) is 0.963. The van der Waals surface area contributed by atoms with E-state index in [1.165, 1.54) is 109 Å². The topological polar surface area (TPSA) is 89.3 Å². The van der Waals surface area contributed by atoms with Gasteiger partial charge in [0.1, 0.15) is 6.04 Å². The summed E-state index contributed by atoms with van der Waals surface area (Å²) in [6, 6.07) is -0.716. The van der Waals surface area contributed by atoms with Crippen LogP contribution in [-0.2, 0) is 4.79 Å². The molecular formula is C27H60N3O2+. The lowest BCUT2D eigenvalue weighted by molar-refractivity contribution is -0.870. The fourth-order valence-corrected chi connectivity index (χ4v) is 3.77. The molecule has 0 aromatic carbocycles. The standard InChI is InChI=1S/C21H46N.C6H14N2O2/c1-5-6-7-8-9-10-11-12-13-14-15-16-17-18-19-20-21-22(2,3)4;7-4-2-1-3-5(8)6(9)10/h5-21H2,1-4H3;5H,1-4,7-8H2,(H,9,10)/q+1;/t;5-/m.0/s1. The highest BCUT2D eigenvalue weighted by atomic mass is 16.4. The van der Waals surface area contributed by atoms with Crippen LogP contribution in [-0.4, -0.2) is 55.8 Å². The highest BCUT2D eigenvalue weighted by Crippen LogP contribution is 2.13. The highest BCUT2D eigenvalue weighted by Gasteiger charge is 2.09. The van der Waals surface area contributed by atoms with Crippen molar-refractivity contribution in [1.82, 2.24) is 0 Å². The van der Waals surface area contributed by atoms with E-state index < -0.39 is 12.0 Å². The molecule has 1 atom stereocenters. The summed E-state index contributed by atoms with van der Waals surface area (Å²) in [6.45, 7) is 4.23. The fourth-order valence-electron chi connectivity index (χ4n) is 3.77. The number of rotatable bonds is 22. The summed E-state index contributed by atoms with van der Waals surface area (Å²) in [5.74, 6) is -0.933. The van der Waals surface area contributed by atoms with Crippen LogP contribution in [0.15, 0.2) is 0 Å². The van der Waals surface area contributed by atoms with Crippen LogP contribution in [0.25, 0.3) is 0 Å². The van der Waals surface area contributed by atoms with E-state index in [0.29, 0.717) is 13.0 Å². The van der Waals surface area contributed by atoms with E-state index in [2.05, 4.69) is 28.1 Å². The first-order valence-electron chi connectivity index (χ1n) is 13.7. The van der Waals surface area contributed by atoms with E-state index in [0.717, 1.165) is 17.3 Å². The molecule has 0 aliphatic rings. The van der Waals surface area contributed by atoms with E-state index in [1.54, 1.807) is 0 Å². The maximum absolute atomic E-state index is 10.1. The summed E-state index contributed by atoms with van der Waals surface area (Å²) in [6.07, 6.45) is 25.5. The van der Waals surface area contributed by atoms with E-state index >= 15 is 0 Å². The van der Waals surface area contributed by atoms with Gasteiger partial charge in [0.25, 0.3) is 0 Å². The maximum atomic E-state index is 10.1. The normalized spacial score (nSPS) is 12.3. The molecule has 0 amide bonds. The van der Waals surface area contributed by atoms with Crippen molar-refractivity contribution < 1.29 is 14.4 Å². The lowest BCUT2D eigenvalue weighted by Gasteiger charge is -2.23. The van der Waals surface area contributed by atoms with E-state index in [-0.39, 0.29) is 0 Å². The van der Waals surface area contributed by atoms with Crippen molar-refractivity contribution in [1.29, 1.82) is 0 Å². The zero-order valence-electron chi connectivity index (χ0n) is 22.4. The molecule has 5 N–H and O–H groups in total. The van der Waals surface area contributed by atoms with Crippen LogP contribution in [0.3, 0.4) is 0 Å². The Morgan fingerprint density at radius 3 is 1.38 bits per heavy atom.